The first-order chi connectivity index (χ1) is 8.63. The molecule has 1 atom stereocenters. The number of carboxylic acids is 1. The topological polar surface area (TPSA) is 53.1 Å². The zero-order chi connectivity index (χ0) is 12.7. The van der Waals surface area contributed by atoms with Gasteiger partial charge in [0.25, 0.3) is 0 Å². The molecule has 0 saturated heterocycles. The molecule has 1 aliphatic carbocycles. The summed E-state index contributed by atoms with van der Waals surface area (Å²) in [6.45, 7) is 0. The van der Waals surface area contributed by atoms with Crippen LogP contribution >= 0.6 is 0 Å². The number of benzene rings is 1. The molecule has 0 fully saturated rings. The molecule has 0 aliphatic heterocycles. The molecule has 0 amide bonds. The lowest BCUT2D eigenvalue weighted by Crippen LogP contribution is -2.16. The van der Waals surface area contributed by atoms with Crippen LogP contribution in [-0.4, -0.2) is 16.1 Å². The highest BCUT2D eigenvalue weighted by molar-refractivity contribution is 5.85. The Kier molecular flexibility index (Phi) is 2.58. The average molecular weight is 247 g/mol. The van der Waals surface area contributed by atoms with E-state index in [4.69, 9.17) is 5.11 Å². The molecule has 18 heavy (non-hydrogen) atoms. The van der Waals surface area contributed by atoms with Crippen molar-refractivity contribution in [2.45, 2.75) is 25.7 Å². The maximum atomic E-state index is 13.3. The maximum Gasteiger partial charge on any atom is 0.303 e. The number of aryl methyl sites for hydroxylation is 1. The Morgan fingerprint density at radius 3 is 3.11 bits per heavy atom. The van der Waals surface area contributed by atoms with Crippen LogP contribution < -0.4 is 0 Å². The highest BCUT2D eigenvalue weighted by atomic mass is 19.1. The van der Waals surface area contributed by atoms with Gasteiger partial charge in [-0.15, -0.1) is 0 Å². The molecule has 1 aromatic heterocycles. The lowest BCUT2D eigenvalue weighted by molar-refractivity contribution is -0.138. The number of hydrogen-bond donors (Lipinski definition) is 2. The van der Waals surface area contributed by atoms with E-state index < -0.39 is 5.97 Å². The molecule has 0 bridgehead atoms. The molecule has 0 saturated carbocycles. The Morgan fingerprint density at radius 1 is 1.50 bits per heavy atom. The van der Waals surface area contributed by atoms with Crippen LogP contribution in [0.5, 0.6) is 0 Å². The largest absolute Gasteiger partial charge is 0.481 e. The van der Waals surface area contributed by atoms with Crippen molar-refractivity contribution in [3.05, 3.63) is 35.3 Å². The second kappa shape index (κ2) is 4.12. The summed E-state index contributed by atoms with van der Waals surface area (Å²) in [5.74, 6) is -0.837. The number of nitrogens with one attached hydrogen (secondary N) is 1. The lowest BCUT2D eigenvalue weighted by atomic mass is 9.84. The fraction of sp³-hybridized carbons (Fsp3) is 0.357. The standard InChI is InChI=1S/C14H14FNO2/c15-9-2-4-13-11(7-9)10-5-8(6-14(17)18)1-3-12(10)16-13/h2,4,7-8,16H,1,3,5-6H2,(H,17,18). The first-order valence-electron chi connectivity index (χ1n) is 6.14. The molecule has 1 heterocycles. The quantitative estimate of drug-likeness (QED) is 0.857. The Bertz CT molecular complexity index is 618. The third kappa shape index (κ3) is 1.88. The number of aromatic nitrogens is 1. The first-order valence-corrected chi connectivity index (χ1v) is 6.14. The van der Waals surface area contributed by atoms with Gasteiger partial charge in [0.1, 0.15) is 5.82 Å². The molecule has 2 aromatic rings. The van der Waals surface area contributed by atoms with Crippen LogP contribution in [0.25, 0.3) is 10.9 Å². The number of hydrogen-bond acceptors (Lipinski definition) is 1. The number of fused-ring (bicyclic) bond motifs is 3. The summed E-state index contributed by atoms with van der Waals surface area (Å²) in [5, 5.41) is 9.76. The molecular weight excluding hydrogens is 233 g/mol. The monoisotopic (exact) mass is 247 g/mol. The minimum absolute atomic E-state index is 0.164. The Labute approximate surface area is 104 Å². The first kappa shape index (κ1) is 11.3. The molecule has 0 radical (unpaired) electrons. The second-order valence-electron chi connectivity index (χ2n) is 4.98. The zero-order valence-electron chi connectivity index (χ0n) is 9.87. The van der Waals surface area contributed by atoms with E-state index in [0.717, 1.165) is 41.4 Å². The third-order valence-electron chi connectivity index (χ3n) is 3.72. The van der Waals surface area contributed by atoms with Crippen LogP contribution in [0.1, 0.15) is 24.1 Å². The summed E-state index contributed by atoms with van der Waals surface area (Å²) >= 11 is 0. The molecule has 3 rings (SSSR count). The zero-order valence-corrected chi connectivity index (χ0v) is 9.87. The SMILES string of the molecule is O=C(O)CC1CCc2[nH]c3ccc(F)cc3c2C1. The lowest BCUT2D eigenvalue weighted by Gasteiger charge is -2.20. The van der Waals surface area contributed by atoms with Gasteiger partial charge < -0.3 is 10.1 Å². The minimum atomic E-state index is -0.755. The van der Waals surface area contributed by atoms with Gasteiger partial charge in [-0.2, -0.15) is 0 Å². The molecule has 2 N–H and O–H groups in total. The number of H-pyrrole nitrogens is 1. The van der Waals surface area contributed by atoms with Gasteiger partial charge in [0.2, 0.25) is 0 Å². The van der Waals surface area contributed by atoms with E-state index in [1.54, 1.807) is 6.07 Å². The minimum Gasteiger partial charge on any atom is -0.481 e. The molecule has 1 unspecified atom stereocenters. The smallest absolute Gasteiger partial charge is 0.303 e. The fourth-order valence-corrected chi connectivity index (χ4v) is 2.88. The van der Waals surface area contributed by atoms with E-state index in [0.29, 0.717) is 0 Å². The molecule has 4 heteroatoms. The predicted molar refractivity (Wildman–Crippen MR) is 66.0 cm³/mol. The van der Waals surface area contributed by atoms with Crippen molar-refractivity contribution in [2.24, 2.45) is 5.92 Å². The average Bonchev–Trinajstić information content (AvgIpc) is 2.66. The summed E-state index contributed by atoms with van der Waals surface area (Å²) in [4.78, 5) is 14.1. The van der Waals surface area contributed by atoms with Crippen molar-refractivity contribution < 1.29 is 14.3 Å². The normalized spacial score (nSPS) is 18.8. The van der Waals surface area contributed by atoms with Gasteiger partial charge in [-0.25, -0.2) is 4.39 Å². The summed E-state index contributed by atoms with van der Waals surface area (Å²) in [7, 11) is 0. The molecule has 1 aromatic carbocycles. The number of aromatic amines is 1. The van der Waals surface area contributed by atoms with E-state index >= 15 is 0 Å². The second-order valence-corrected chi connectivity index (χ2v) is 4.98. The molecule has 94 valence electrons. The van der Waals surface area contributed by atoms with Crippen LogP contribution in [0.3, 0.4) is 0 Å². The van der Waals surface area contributed by atoms with E-state index in [1.165, 1.54) is 12.1 Å². The highest BCUT2D eigenvalue weighted by Crippen LogP contribution is 2.33. The summed E-state index contributed by atoms with van der Waals surface area (Å²) in [6.07, 6.45) is 2.66. The number of aliphatic carboxylic acids is 1. The van der Waals surface area contributed by atoms with Crippen molar-refractivity contribution in [1.29, 1.82) is 0 Å². The molecule has 3 nitrogen and oxygen atoms in total. The number of halogens is 1. The Hall–Kier alpha value is -1.84. The van der Waals surface area contributed by atoms with Gasteiger partial charge in [0, 0.05) is 23.0 Å². The molecular formula is C14H14FNO2. The van der Waals surface area contributed by atoms with Crippen molar-refractivity contribution in [1.82, 2.24) is 4.98 Å². The van der Waals surface area contributed by atoms with E-state index in [2.05, 4.69) is 4.98 Å². The van der Waals surface area contributed by atoms with E-state index in [9.17, 15) is 9.18 Å². The Balaban J connectivity index is 2.00. The van der Waals surface area contributed by atoms with Crippen LogP contribution in [0.4, 0.5) is 4.39 Å². The van der Waals surface area contributed by atoms with E-state index in [-0.39, 0.29) is 18.2 Å². The summed E-state index contributed by atoms with van der Waals surface area (Å²) in [6, 6.07) is 4.72. The predicted octanol–water partition coefficient (Wildman–Crippen LogP) is 2.89. The third-order valence-corrected chi connectivity index (χ3v) is 3.72. The van der Waals surface area contributed by atoms with Crippen LogP contribution in [0, 0.1) is 11.7 Å². The van der Waals surface area contributed by atoms with Crippen LogP contribution in [-0.2, 0) is 17.6 Å². The van der Waals surface area contributed by atoms with Gasteiger partial charge in [-0.3, -0.25) is 4.79 Å². The molecule has 1 aliphatic rings. The molecule has 0 spiro atoms. The van der Waals surface area contributed by atoms with Gasteiger partial charge in [-0.1, -0.05) is 0 Å². The van der Waals surface area contributed by atoms with Crippen LogP contribution in [0.2, 0.25) is 0 Å². The van der Waals surface area contributed by atoms with Crippen molar-refractivity contribution in [3.63, 3.8) is 0 Å². The van der Waals surface area contributed by atoms with Gasteiger partial charge >= 0.3 is 5.97 Å². The van der Waals surface area contributed by atoms with Gasteiger partial charge in [0.05, 0.1) is 0 Å². The summed E-state index contributed by atoms with van der Waals surface area (Å²) < 4.78 is 13.3. The van der Waals surface area contributed by atoms with Crippen LogP contribution in [0.15, 0.2) is 18.2 Å². The number of carbonyl (C=O) groups is 1. The maximum absolute atomic E-state index is 13.3. The fourth-order valence-electron chi connectivity index (χ4n) is 2.88. The number of rotatable bonds is 2. The van der Waals surface area contributed by atoms with Gasteiger partial charge in [0.15, 0.2) is 0 Å². The number of carboxylic acid groups (broad SMARTS) is 1. The Morgan fingerprint density at radius 2 is 2.33 bits per heavy atom. The van der Waals surface area contributed by atoms with Crippen molar-refractivity contribution >= 4 is 16.9 Å². The van der Waals surface area contributed by atoms with E-state index in [1.807, 2.05) is 0 Å². The van der Waals surface area contributed by atoms with Gasteiger partial charge in [-0.05, 0) is 48.9 Å². The van der Waals surface area contributed by atoms with Crippen molar-refractivity contribution in [3.8, 4) is 0 Å². The summed E-state index contributed by atoms with van der Waals surface area (Å²) in [5.41, 5.74) is 3.18. The highest BCUT2D eigenvalue weighted by Gasteiger charge is 2.24. The van der Waals surface area contributed by atoms with Crippen molar-refractivity contribution in [2.75, 3.05) is 0 Å².